The Morgan fingerprint density at radius 1 is 1.06 bits per heavy atom. The number of aromatic nitrogens is 4. The third kappa shape index (κ3) is 3.40. The Hall–Kier alpha value is -4.04. The molecule has 0 atom stereocenters. The molecule has 0 aliphatic heterocycles. The summed E-state index contributed by atoms with van der Waals surface area (Å²) in [7, 11) is 0. The smallest absolute Gasteiger partial charge is 0.277 e. The maximum atomic E-state index is 13.7. The molecule has 0 saturated heterocycles. The fourth-order valence-corrected chi connectivity index (χ4v) is 3.73. The van der Waals surface area contributed by atoms with Crippen LogP contribution in [0.15, 0.2) is 76.2 Å². The highest BCUT2D eigenvalue weighted by Gasteiger charge is 2.19. The molecule has 0 radical (unpaired) electrons. The van der Waals surface area contributed by atoms with Gasteiger partial charge in [-0.05, 0) is 31.2 Å². The summed E-state index contributed by atoms with van der Waals surface area (Å²) in [6, 6.07) is 15.4. The molecule has 160 valence electrons. The van der Waals surface area contributed by atoms with Crippen molar-refractivity contribution in [1.82, 2.24) is 19.2 Å². The molecule has 3 heterocycles. The lowest BCUT2D eigenvalue weighted by Gasteiger charge is -2.05. The van der Waals surface area contributed by atoms with Crippen molar-refractivity contribution in [2.45, 2.75) is 20.1 Å². The Labute approximate surface area is 182 Å². The number of hydrogen-bond donors (Lipinski definition) is 1. The van der Waals surface area contributed by atoms with Crippen LogP contribution in [0.5, 0.6) is 0 Å². The van der Waals surface area contributed by atoms with Crippen LogP contribution in [-0.2, 0) is 13.2 Å². The van der Waals surface area contributed by atoms with Crippen molar-refractivity contribution in [2.75, 3.05) is 0 Å². The molecule has 5 aromatic rings. The fraction of sp³-hybridized carbons (Fsp3) is 0.125. The number of aliphatic hydroxyl groups is 1. The lowest BCUT2D eigenvalue weighted by molar-refractivity contribution is 0.283. The van der Waals surface area contributed by atoms with Crippen molar-refractivity contribution in [2.24, 2.45) is 0 Å². The number of fused-ring (bicyclic) bond motifs is 1. The fourth-order valence-electron chi connectivity index (χ4n) is 3.73. The first-order valence-corrected chi connectivity index (χ1v) is 10.0. The van der Waals surface area contributed by atoms with Crippen molar-refractivity contribution in [1.29, 1.82) is 0 Å². The van der Waals surface area contributed by atoms with Crippen LogP contribution in [0.4, 0.5) is 4.39 Å². The Balaban J connectivity index is 1.57. The minimum atomic E-state index is -0.420. The second-order valence-electron chi connectivity index (χ2n) is 7.41. The summed E-state index contributed by atoms with van der Waals surface area (Å²) in [6.07, 6.45) is 3.24. The Morgan fingerprint density at radius 2 is 1.84 bits per heavy atom. The number of benzene rings is 2. The van der Waals surface area contributed by atoms with Crippen LogP contribution < -0.4 is 5.56 Å². The number of rotatable bonds is 5. The van der Waals surface area contributed by atoms with E-state index in [-0.39, 0.29) is 17.6 Å². The summed E-state index contributed by atoms with van der Waals surface area (Å²) in [4.78, 5) is 17.8. The van der Waals surface area contributed by atoms with E-state index in [9.17, 15) is 14.3 Å². The number of aliphatic hydroxyl groups excluding tert-OH is 1. The number of nitrogens with zero attached hydrogens (tertiary/aromatic N) is 4. The Kier molecular flexibility index (Phi) is 4.91. The molecule has 0 saturated carbocycles. The first-order valence-electron chi connectivity index (χ1n) is 10.0. The van der Waals surface area contributed by atoms with E-state index in [0.29, 0.717) is 34.2 Å². The molecule has 0 aliphatic rings. The van der Waals surface area contributed by atoms with Gasteiger partial charge < -0.3 is 14.1 Å². The van der Waals surface area contributed by atoms with E-state index in [0.717, 1.165) is 5.56 Å². The van der Waals surface area contributed by atoms with E-state index < -0.39 is 12.4 Å². The van der Waals surface area contributed by atoms with Gasteiger partial charge in [-0.15, -0.1) is 0 Å². The summed E-state index contributed by atoms with van der Waals surface area (Å²) < 4.78 is 22.4. The third-order valence-corrected chi connectivity index (χ3v) is 5.35. The van der Waals surface area contributed by atoms with Gasteiger partial charge in [-0.25, -0.2) is 13.9 Å². The van der Waals surface area contributed by atoms with Gasteiger partial charge in [0, 0.05) is 29.1 Å². The highest BCUT2D eigenvalue weighted by Crippen LogP contribution is 2.26. The first kappa shape index (κ1) is 19.9. The molecule has 3 aromatic heterocycles. The van der Waals surface area contributed by atoms with Crippen molar-refractivity contribution in [3.8, 4) is 22.7 Å². The quantitative estimate of drug-likeness (QED) is 0.458. The van der Waals surface area contributed by atoms with Gasteiger partial charge in [0.15, 0.2) is 0 Å². The zero-order chi connectivity index (χ0) is 22.2. The van der Waals surface area contributed by atoms with E-state index in [2.05, 4.69) is 10.1 Å². The summed E-state index contributed by atoms with van der Waals surface area (Å²) in [5.41, 5.74) is 2.58. The van der Waals surface area contributed by atoms with Gasteiger partial charge in [-0.3, -0.25) is 4.79 Å². The van der Waals surface area contributed by atoms with Crippen molar-refractivity contribution in [3.63, 3.8) is 0 Å². The SMILES string of the molecule is Cc1oc(-c2ccccc2)nc1Cn1ccn2nc(-c3cccc(F)c3)c(CO)c2c1=O. The molecule has 0 fully saturated rings. The highest BCUT2D eigenvalue weighted by atomic mass is 19.1. The maximum absolute atomic E-state index is 13.7. The monoisotopic (exact) mass is 430 g/mol. The Bertz CT molecular complexity index is 1480. The first-order chi connectivity index (χ1) is 15.5. The van der Waals surface area contributed by atoms with Gasteiger partial charge in [0.25, 0.3) is 5.56 Å². The van der Waals surface area contributed by atoms with E-state index in [1.54, 1.807) is 31.5 Å². The van der Waals surface area contributed by atoms with Crippen LogP contribution in [0.2, 0.25) is 0 Å². The zero-order valence-electron chi connectivity index (χ0n) is 17.2. The zero-order valence-corrected chi connectivity index (χ0v) is 17.2. The number of halogens is 1. The molecule has 7 nitrogen and oxygen atoms in total. The second-order valence-corrected chi connectivity index (χ2v) is 7.41. The molecular weight excluding hydrogens is 411 g/mol. The minimum absolute atomic E-state index is 0.197. The van der Waals surface area contributed by atoms with Crippen molar-refractivity contribution >= 4 is 5.52 Å². The number of oxazole rings is 1. The predicted molar refractivity (Wildman–Crippen MR) is 117 cm³/mol. The molecule has 0 unspecified atom stereocenters. The number of hydrogen-bond acceptors (Lipinski definition) is 5. The highest BCUT2D eigenvalue weighted by molar-refractivity contribution is 5.72. The molecule has 2 aromatic carbocycles. The molecule has 1 N–H and O–H groups in total. The molecule has 8 heteroatoms. The van der Waals surface area contributed by atoms with Gasteiger partial charge in [0.05, 0.1) is 18.8 Å². The molecule has 0 aliphatic carbocycles. The summed E-state index contributed by atoms with van der Waals surface area (Å²) >= 11 is 0. The van der Waals surface area contributed by atoms with Gasteiger partial charge in [-0.1, -0.05) is 30.3 Å². The summed E-state index contributed by atoms with van der Waals surface area (Å²) in [5.74, 6) is 0.685. The van der Waals surface area contributed by atoms with E-state index in [1.807, 2.05) is 30.3 Å². The van der Waals surface area contributed by atoms with Crippen LogP contribution in [0.1, 0.15) is 17.0 Å². The summed E-state index contributed by atoms with van der Waals surface area (Å²) in [5, 5.41) is 14.4. The van der Waals surface area contributed by atoms with E-state index in [1.165, 1.54) is 21.2 Å². The number of aryl methyl sites for hydroxylation is 1. The van der Waals surface area contributed by atoms with Crippen LogP contribution in [0, 0.1) is 12.7 Å². The molecule has 32 heavy (non-hydrogen) atoms. The second kappa shape index (κ2) is 7.90. The average Bonchev–Trinajstić information content (AvgIpc) is 3.37. The summed E-state index contributed by atoms with van der Waals surface area (Å²) in [6.45, 7) is 1.59. The lowest BCUT2D eigenvalue weighted by atomic mass is 10.1. The molecule has 0 spiro atoms. The average molecular weight is 430 g/mol. The van der Waals surface area contributed by atoms with Crippen molar-refractivity contribution in [3.05, 3.63) is 100 Å². The molecule has 0 amide bonds. The molecule has 0 bridgehead atoms. The van der Waals surface area contributed by atoms with Gasteiger partial charge >= 0.3 is 0 Å². The van der Waals surface area contributed by atoms with Crippen LogP contribution >= 0.6 is 0 Å². The van der Waals surface area contributed by atoms with Crippen LogP contribution in [-0.4, -0.2) is 24.3 Å². The minimum Gasteiger partial charge on any atom is -0.441 e. The largest absolute Gasteiger partial charge is 0.441 e. The Morgan fingerprint density at radius 3 is 2.59 bits per heavy atom. The van der Waals surface area contributed by atoms with E-state index >= 15 is 0 Å². The topological polar surface area (TPSA) is 85.6 Å². The molecule has 5 rings (SSSR count). The van der Waals surface area contributed by atoms with Crippen molar-refractivity contribution < 1.29 is 13.9 Å². The van der Waals surface area contributed by atoms with E-state index in [4.69, 9.17) is 4.42 Å². The van der Waals surface area contributed by atoms with Crippen LogP contribution in [0.3, 0.4) is 0 Å². The third-order valence-electron chi connectivity index (χ3n) is 5.35. The molecular formula is C24H19FN4O3. The van der Waals surface area contributed by atoms with Gasteiger partial charge in [0.2, 0.25) is 5.89 Å². The van der Waals surface area contributed by atoms with Gasteiger partial charge in [-0.2, -0.15) is 5.10 Å². The van der Waals surface area contributed by atoms with Gasteiger partial charge in [0.1, 0.15) is 22.8 Å². The normalized spacial score (nSPS) is 11.3. The lowest BCUT2D eigenvalue weighted by Crippen LogP contribution is -2.23. The van der Waals surface area contributed by atoms with Crippen LogP contribution in [0.25, 0.3) is 28.2 Å². The predicted octanol–water partition coefficient (Wildman–Crippen LogP) is 3.81. The maximum Gasteiger partial charge on any atom is 0.277 e. The standard InChI is InChI=1S/C24H19FN4O3/c1-15-20(26-23(32-15)16-6-3-2-4-7-16)13-28-10-11-29-22(24(28)31)19(14-30)21(27-29)17-8-5-9-18(25)12-17/h2-12,30H,13-14H2,1H3.